The van der Waals surface area contributed by atoms with Crippen LogP contribution in [0.3, 0.4) is 0 Å². The highest BCUT2D eigenvalue weighted by Gasteiger charge is 2.47. The van der Waals surface area contributed by atoms with Crippen LogP contribution in [0.4, 0.5) is 23.2 Å². The Balaban J connectivity index is 1.32. The quantitative estimate of drug-likeness (QED) is 0.159. The van der Waals surface area contributed by atoms with Crippen LogP contribution in [-0.2, 0) is 0 Å². The number of amides is 1. The number of nitrogen functional groups attached to an aromatic ring is 1. The molecule has 2 atom stereocenters. The van der Waals surface area contributed by atoms with Gasteiger partial charge in [-0.2, -0.15) is 13.2 Å². The van der Waals surface area contributed by atoms with Gasteiger partial charge in [0.05, 0.1) is 23.9 Å². The number of nitrogens with one attached hydrogen (secondary N) is 1. The SMILES string of the molecule is COc1cc(C(=O)NC[C@H](c2cc3c(c(-c4ccc(F)c(Cl)c4)n2)OCC3C(F)(F)F)C2CC2)cc(C=NC2CC2)c1N. The summed E-state index contributed by atoms with van der Waals surface area (Å²) >= 11 is 6.01. The van der Waals surface area contributed by atoms with Crippen LogP contribution in [0.1, 0.15) is 64.7 Å². The number of hydrogen-bond donors (Lipinski definition) is 2. The molecule has 0 saturated heterocycles. The molecule has 1 amide bonds. The van der Waals surface area contributed by atoms with Gasteiger partial charge in [0.15, 0.2) is 0 Å². The first-order valence-electron chi connectivity index (χ1n) is 14.0. The van der Waals surface area contributed by atoms with Crippen molar-refractivity contribution in [1.82, 2.24) is 10.3 Å². The van der Waals surface area contributed by atoms with E-state index in [2.05, 4.69) is 10.3 Å². The minimum atomic E-state index is -4.54. The summed E-state index contributed by atoms with van der Waals surface area (Å²) in [5.74, 6) is -2.81. The van der Waals surface area contributed by atoms with Gasteiger partial charge in [-0.1, -0.05) is 11.6 Å². The van der Waals surface area contributed by atoms with E-state index in [1.807, 2.05) is 0 Å². The van der Waals surface area contributed by atoms with E-state index in [9.17, 15) is 22.4 Å². The summed E-state index contributed by atoms with van der Waals surface area (Å²) in [5, 5.41) is 2.75. The van der Waals surface area contributed by atoms with Gasteiger partial charge in [0.2, 0.25) is 0 Å². The van der Waals surface area contributed by atoms with Crippen molar-refractivity contribution in [2.75, 3.05) is 26.0 Å². The van der Waals surface area contributed by atoms with Gasteiger partial charge in [-0.3, -0.25) is 9.79 Å². The largest absolute Gasteiger partial charge is 0.495 e. The van der Waals surface area contributed by atoms with Crippen LogP contribution in [0.2, 0.25) is 5.02 Å². The molecule has 3 aliphatic rings. The van der Waals surface area contributed by atoms with Crippen molar-refractivity contribution in [3.05, 3.63) is 69.6 Å². The molecule has 6 rings (SSSR count). The Kier molecular flexibility index (Phi) is 7.70. The zero-order valence-electron chi connectivity index (χ0n) is 23.2. The summed E-state index contributed by atoms with van der Waals surface area (Å²) in [7, 11) is 1.46. The number of methoxy groups -OCH3 is 1. The summed E-state index contributed by atoms with van der Waals surface area (Å²) in [5.41, 5.74) is 8.30. The number of fused-ring (bicyclic) bond motifs is 1. The highest BCUT2D eigenvalue weighted by Crippen LogP contribution is 2.50. The van der Waals surface area contributed by atoms with Crippen LogP contribution in [-0.4, -0.2) is 49.6 Å². The Morgan fingerprint density at radius 1 is 1.23 bits per heavy atom. The monoisotopic (exact) mass is 616 g/mol. The smallest absolute Gasteiger partial charge is 0.399 e. The molecule has 1 aliphatic heterocycles. The first-order valence-corrected chi connectivity index (χ1v) is 14.4. The van der Waals surface area contributed by atoms with Crippen molar-refractivity contribution >= 4 is 29.4 Å². The molecule has 0 spiro atoms. The number of ether oxygens (including phenoxy) is 2. The Labute approximate surface area is 250 Å². The Morgan fingerprint density at radius 3 is 2.65 bits per heavy atom. The lowest BCUT2D eigenvalue weighted by Gasteiger charge is -2.21. The van der Waals surface area contributed by atoms with Gasteiger partial charge < -0.3 is 20.5 Å². The van der Waals surface area contributed by atoms with Crippen LogP contribution in [0.25, 0.3) is 11.3 Å². The Bertz CT molecular complexity index is 1600. The number of carbonyl (C=O) groups excluding carboxylic acids is 1. The third-order valence-electron chi connectivity index (χ3n) is 8.06. The average molecular weight is 617 g/mol. The fourth-order valence-corrected chi connectivity index (χ4v) is 5.50. The number of anilines is 1. The van der Waals surface area contributed by atoms with Crippen molar-refractivity contribution in [3.8, 4) is 22.8 Å². The highest BCUT2D eigenvalue weighted by atomic mass is 35.5. The first kappa shape index (κ1) is 29.2. The van der Waals surface area contributed by atoms with E-state index < -0.39 is 30.4 Å². The molecule has 0 bridgehead atoms. The van der Waals surface area contributed by atoms with Crippen molar-refractivity contribution in [1.29, 1.82) is 0 Å². The molecule has 2 aromatic carbocycles. The van der Waals surface area contributed by atoms with E-state index in [4.69, 9.17) is 31.8 Å². The van der Waals surface area contributed by atoms with Gasteiger partial charge in [0.1, 0.15) is 35.5 Å². The lowest BCUT2D eigenvalue weighted by molar-refractivity contribution is -0.151. The van der Waals surface area contributed by atoms with E-state index in [1.165, 1.54) is 25.3 Å². The van der Waals surface area contributed by atoms with Crippen LogP contribution in [0.5, 0.6) is 11.5 Å². The average Bonchev–Trinajstić information content (AvgIpc) is 3.91. The lowest BCUT2D eigenvalue weighted by atomic mass is 9.92. The maximum absolute atomic E-state index is 14.0. The number of pyridine rings is 1. The van der Waals surface area contributed by atoms with E-state index in [-0.39, 0.29) is 46.5 Å². The van der Waals surface area contributed by atoms with Gasteiger partial charge in [0, 0.05) is 46.6 Å². The molecule has 43 heavy (non-hydrogen) atoms. The standard InChI is InChI=1S/C31H29ClF4N4O3/c1-42-26-10-17(8-18(27(26)37)12-38-19-5-6-19)30(41)39-13-21(15-2-3-15)25-11-20-22(31(34,35)36)14-43-29(20)28(40-25)16-4-7-24(33)23(32)9-16/h4,7-12,15,19,21-22H,2-3,5-6,13-14,37H2,1H3,(H,39,41)/t21-,22?/m0/s1. The van der Waals surface area contributed by atoms with Crippen molar-refractivity contribution in [2.45, 2.75) is 49.7 Å². The van der Waals surface area contributed by atoms with Gasteiger partial charge in [-0.15, -0.1) is 0 Å². The fraction of sp³-hybridized carbons (Fsp3) is 0.387. The minimum absolute atomic E-state index is 0.00157. The van der Waals surface area contributed by atoms with Crippen LogP contribution in [0, 0.1) is 11.7 Å². The van der Waals surface area contributed by atoms with Gasteiger partial charge in [0.25, 0.3) is 5.91 Å². The van der Waals surface area contributed by atoms with Crippen LogP contribution >= 0.6 is 11.6 Å². The molecule has 1 aromatic heterocycles. The maximum Gasteiger partial charge on any atom is 0.399 e. The van der Waals surface area contributed by atoms with E-state index >= 15 is 0 Å². The normalized spacial score (nSPS) is 18.8. The lowest BCUT2D eigenvalue weighted by Crippen LogP contribution is -2.30. The molecule has 2 heterocycles. The molecule has 2 aliphatic carbocycles. The second kappa shape index (κ2) is 11.3. The maximum atomic E-state index is 14.0. The molecular formula is C31H29ClF4N4O3. The summed E-state index contributed by atoms with van der Waals surface area (Å²) in [6.45, 7) is -0.448. The predicted octanol–water partition coefficient (Wildman–Crippen LogP) is 6.68. The number of halogens is 5. The summed E-state index contributed by atoms with van der Waals surface area (Å²) < 4.78 is 66.8. The number of aromatic nitrogens is 1. The number of alkyl halides is 3. The summed E-state index contributed by atoms with van der Waals surface area (Å²) in [6, 6.07) is 8.74. The Hall–Kier alpha value is -3.86. The zero-order chi connectivity index (χ0) is 30.5. The molecule has 7 nitrogen and oxygen atoms in total. The van der Waals surface area contributed by atoms with Gasteiger partial charge in [-0.25, -0.2) is 9.37 Å². The van der Waals surface area contributed by atoms with Crippen LogP contribution in [0.15, 0.2) is 41.4 Å². The molecule has 3 N–H and O–H groups in total. The highest BCUT2D eigenvalue weighted by molar-refractivity contribution is 6.31. The molecule has 2 saturated carbocycles. The number of hydrogen-bond acceptors (Lipinski definition) is 6. The molecule has 0 radical (unpaired) electrons. The number of benzene rings is 2. The summed E-state index contributed by atoms with van der Waals surface area (Å²) in [4.78, 5) is 22.5. The second-order valence-corrected chi connectivity index (χ2v) is 11.6. The third-order valence-corrected chi connectivity index (χ3v) is 8.35. The molecule has 226 valence electrons. The molecule has 2 fully saturated rings. The number of nitrogens with zero attached hydrogens (tertiary/aromatic N) is 2. The second-order valence-electron chi connectivity index (χ2n) is 11.2. The van der Waals surface area contributed by atoms with Gasteiger partial charge in [-0.05, 0) is 68.0 Å². The molecular weight excluding hydrogens is 588 g/mol. The number of rotatable bonds is 9. The van der Waals surface area contributed by atoms with Gasteiger partial charge >= 0.3 is 6.18 Å². The number of carbonyl (C=O) groups is 1. The first-order chi connectivity index (χ1) is 20.5. The predicted molar refractivity (Wildman–Crippen MR) is 155 cm³/mol. The fourth-order valence-electron chi connectivity index (χ4n) is 5.32. The molecule has 1 unspecified atom stereocenters. The third kappa shape index (κ3) is 6.13. The zero-order valence-corrected chi connectivity index (χ0v) is 23.9. The van der Waals surface area contributed by atoms with E-state index in [1.54, 1.807) is 18.3 Å². The van der Waals surface area contributed by atoms with E-state index in [0.717, 1.165) is 31.7 Å². The summed E-state index contributed by atoms with van der Waals surface area (Å²) in [6.07, 6.45) is 0.814. The van der Waals surface area contributed by atoms with E-state index in [0.29, 0.717) is 33.8 Å². The molecule has 3 aromatic rings. The van der Waals surface area contributed by atoms with Crippen molar-refractivity contribution in [3.63, 3.8) is 0 Å². The van der Waals surface area contributed by atoms with Crippen molar-refractivity contribution in [2.24, 2.45) is 10.9 Å². The minimum Gasteiger partial charge on any atom is -0.495 e. The molecule has 12 heteroatoms. The van der Waals surface area contributed by atoms with Crippen molar-refractivity contribution < 1.29 is 31.8 Å². The number of nitrogens with two attached hydrogens (primary N) is 1. The number of aliphatic imine (C=N–C) groups is 1. The van der Waals surface area contributed by atoms with Crippen LogP contribution < -0.4 is 20.5 Å². The Morgan fingerprint density at radius 2 is 2.00 bits per heavy atom. The topological polar surface area (TPSA) is 98.8 Å².